The maximum atomic E-state index is 13.5. The summed E-state index contributed by atoms with van der Waals surface area (Å²) in [6, 6.07) is 12.8. The summed E-state index contributed by atoms with van der Waals surface area (Å²) in [5.41, 5.74) is 1.71. The summed E-state index contributed by atoms with van der Waals surface area (Å²) in [7, 11) is 3.20. The minimum atomic E-state index is -4.67. The summed E-state index contributed by atoms with van der Waals surface area (Å²) >= 11 is 0. The second-order valence-corrected chi connectivity index (χ2v) is 15.7. The molecule has 57 heavy (non-hydrogen) atoms. The lowest BCUT2D eigenvalue weighted by Gasteiger charge is -2.58. The standard InChI is InChI=1S/C40H42F3N9O5/c1-48-36-30(6-4-7-31(36)52(39(48)56)32-13-14-35(53)46-38(32)55)49-20-25-16-26(21-49)50(25)18-22-9-11-24(12-10-22)51-19-23-15-29(33(57-2)17-28(23)47-51)45-37(54)27-5-3-8-34(44-27)40(41,42)43/h3-8,15,17,19,22,24-26,32H,9-14,16,18,20-21H2,1-2H3,(H,45,54)(H,46,53,55)/t22?,24?,25-,26+,32?. The van der Waals surface area contributed by atoms with Crippen molar-refractivity contribution in [3.05, 3.63) is 76.6 Å². The van der Waals surface area contributed by atoms with Crippen LogP contribution in [0.25, 0.3) is 21.9 Å². The SMILES string of the molecule is COc1cc2nn(C3CCC(CN4[C@@H]5C[C@H]4CN(c4cccc6c4n(C)c(=O)n6C4CCC(=O)NC4=O)C5)CC3)cc2cc1NC(=O)c1cccc(C(F)(F)F)n1. The second-order valence-electron chi connectivity index (χ2n) is 15.7. The lowest BCUT2D eigenvalue weighted by molar-refractivity contribution is -0.141. The minimum absolute atomic E-state index is 0.197. The third-order valence-corrected chi connectivity index (χ3v) is 12.3. The van der Waals surface area contributed by atoms with Gasteiger partial charge in [0.2, 0.25) is 11.8 Å². The molecule has 3 amide bonds. The van der Waals surface area contributed by atoms with Crippen LogP contribution in [0.15, 0.2) is 59.5 Å². The normalized spacial score (nSPS) is 24.1. The number of carbonyl (C=O) groups excluding carboxylic acids is 3. The molecule has 2 N–H and O–H groups in total. The number of nitrogens with zero attached hydrogens (tertiary/aromatic N) is 7. The monoisotopic (exact) mass is 785 g/mol. The van der Waals surface area contributed by atoms with E-state index in [1.165, 1.54) is 13.2 Å². The number of alkyl halides is 3. The zero-order valence-corrected chi connectivity index (χ0v) is 31.5. The minimum Gasteiger partial charge on any atom is -0.494 e. The van der Waals surface area contributed by atoms with Crippen molar-refractivity contribution in [1.29, 1.82) is 0 Å². The Balaban J connectivity index is 0.831. The van der Waals surface area contributed by atoms with Gasteiger partial charge in [0.15, 0.2) is 0 Å². The van der Waals surface area contributed by atoms with E-state index in [2.05, 4.69) is 31.5 Å². The molecule has 298 valence electrons. The third-order valence-electron chi connectivity index (χ3n) is 12.3. The van der Waals surface area contributed by atoms with Crippen molar-refractivity contribution < 1.29 is 32.3 Å². The lowest BCUT2D eigenvalue weighted by atomic mass is 9.81. The molecule has 1 unspecified atom stereocenters. The number of imidazole rings is 1. The maximum absolute atomic E-state index is 13.5. The molecule has 0 spiro atoms. The first-order valence-electron chi connectivity index (χ1n) is 19.3. The van der Waals surface area contributed by atoms with Gasteiger partial charge in [-0.3, -0.25) is 38.4 Å². The Morgan fingerprint density at radius 1 is 0.982 bits per heavy atom. The van der Waals surface area contributed by atoms with E-state index in [1.54, 1.807) is 28.3 Å². The van der Waals surface area contributed by atoms with E-state index in [9.17, 15) is 32.3 Å². The Morgan fingerprint density at radius 3 is 2.46 bits per heavy atom. The number of hydrogen-bond acceptors (Lipinski definition) is 9. The fraction of sp³-hybridized carbons (Fsp3) is 0.450. The van der Waals surface area contributed by atoms with E-state index in [1.807, 2.05) is 23.0 Å². The van der Waals surface area contributed by atoms with E-state index in [4.69, 9.17) is 9.84 Å². The summed E-state index contributed by atoms with van der Waals surface area (Å²) in [6.45, 7) is 2.74. The van der Waals surface area contributed by atoms with Crippen molar-refractivity contribution in [3.63, 3.8) is 0 Å². The van der Waals surface area contributed by atoms with Crippen LogP contribution >= 0.6 is 0 Å². The Labute approximate surface area is 324 Å². The Kier molecular flexibility index (Phi) is 9.09. The maximum Gasteiger partial charge on any atom is 0.433 e. The Bertz CT molecular complexity index is 2470. The number of amides is 3. The van der Waals surface area contributed by atoms with Gasteiger partial charge in [0, 0.05) is 62.8 Å². The van der Waals surface area contributed by atoms with Crippen LogP contribution < -0.4 is 26.0 Å². The van der Waals surface area contributed by atoms with Gasteiger partial charge in [-0.1, -0.05) is 12.1 Å². The van der Waals surface area contributed by atoms with Gasteiger partial charge in [-0.15, -0.1) is 0 Å². The number of para-hydroxylation sites is 1. The zero-order valence-electron chi connectivity index (χ0n) is 31.5. The molecule has 5 aromatic rings. The Morgan fingerprint density at radius 2 is 1.74 bits per heavy atom. The van der Waals surface area contributed by atoms with Crippen LogP contribution in [0.1, 0.15) is 73.2 Å². The summed E-state index contributed by atoms with van der Waals surface area (Å²) in [5.74, 6) is -0.645. The zero-order chi connectivity index (χ0) is 39.7. The van der Waals surface area contributed by atoms with Gasteiger partial charge in [0.05, 0.1) is 41.1 Å². The second kappa shape index (κ2) is 14.0. The Hall–Kier alpha value is -5.71. The topological polar surface area (TPSA) is 149 Å². The molecule has 14 nitrogen and oxygen atoms in total. The van der Waals surface area contributed by atoms with Gasteiger partial charge in [0.25, 0.3) is 5.91 Å². The first-order chi connectivity index (χ1) is 27.4. The van der Waals surface area contributed by atoms with Crippen molar-refractivity contribution >= 4 is 51.0 Å². The van der Waals surface area contributed by atoms with Crippen LogP contribution in [0.2, 0.25) is 0 Å². The first kappa shape index (κ1) is 36.9. The number of rotatable bonds is 8. The van der Waals surface area contributed by atoms with E-state index in [0.29, 0.717) is 46.9 Å². The number of carbonyl (C=O) groups is 3. The van der Waals surface area contributed by atoms with Crippen LogP contribution in [0.3, 0.4) is 0 Å². The summed E-state index contributed by atoms with van der Waals surface area (Å²) in [4.78, 5) is 59.4. The van der Waals surface area contributed by atoms with E-state index in [-0.39, 0.29) is 29.8 Å². The highest BCUT2D eigenvalue weighted by atomic mass is 19.4. The number of fused-ring (bicyclic) bond motifs is 4. The largest absolute Gasteiger partial charge is 0.494 e. The van der Waals surface area contributed by atoms with Gasteiger partial charge in [-0.2, -0.15) is 18.3 Å². The number of anilines is 2. The number of piperazine rings is 1. The smallest absolute Gasteiger partial charge is 0.433 e. The number of aromatic nitrogens is 5. The quantitative estimate of drug-likeness (QED) is 0.207. The number of pyridine rings is 1. The van der Waals surface area contributed by atoms with Crippen molar-refractivity contribution in [2.24, 2.45) is 13.0 Å². The average Bonchev–Trinajstić information content (AvgIpc) is 3.73. The molecule has 3 aromatic heterocycles. The highest BCUT2D eigenvalue weighted by Gasteiger charge is 2.46. The van der Waals surface area contributed by atoms with Gasteiger partial charge < -0.3 is 15.0 Å². The molecule has 10 rings (SSSR count). The number of imide groups is 1. The predicted octanol–water partition coefficient (Wildman–Crippen LogP) is 5.04. The number of hydrogen-bond donors (Lipinski definition) is 2. The van der Waals surface area contributed by atoms with Gasteiger partial charge in [-0.05, 0) is 74.8 Å². The molecule has 0 radical (unpaired) electrons. The fourth-order valence-corrected chi connectivity index (χ4v) is 9.41. The highest BCUT2D eigenvalue weighted by Crippen LogP contribution is 2.41. The summed E-state index contributed by atoms with van der Waals surface area (Å²) in [5, 5.41) is 10.6. The van der Waals surface area contributed by atoms with Crippen molar-refractivity contribution in [2.75, 3.05) is 37.0 Å². The van der Waals surface area contributed by atoms with Gasteiger partial charge in [-0.25, -0.2) is 9.78 Å². The highest BCUT2D eigenvalue weighted by molar-refractivity contribution is 6.05. The molecular formula is C40H42F3N9O5. The van der Waals surface area contributed by atoms with Crippen molar-refractivity contribution in [3.8, 4) is 5.75 Å². The molecule has 1 aliphatic carbocycles. The predicted molar refractivity (Wildman–Crippen MR) is 204 cm³/mol. The van der Waals surface area contributed by atoms with Crippen LogP contribution in [-0.2, 0) is 22.8 Å². The molecule has 7 heterocycles. The van der Waals surface area contributed by atoms with Crippen LogP contribution in [0, 0.1) is 5.92 Å². The molecule has 3 atom stereocenters. The molecule has 4 aliphatic heterocycles. The molecule has 17 heteroatoms. The fourth-order valence-electron chi connectivity index (χ4n) is 9.41. The number of nitrogens with one attached hydrogen (secondary N) is 2. The van der Waals surface area contributed by atoms with Crippen LogP contribution in [0.4, 0.5) is 24.5 Å². The third kappa shape index (κ3) is 6.60. The van der Waals surface area contributed by atoms with Crippen molar-refractivity contribution in [1.82, 2.24) is 34.1 Å². The molecule has 1 saturated carbocycles. The van der Waals surface area contributed by atoms with E-state index < -0.39 is 29.7 Å². The van der Waals surface area contributed by atoms with E-state index >= 15 is 0 Å². The molecular weight excluding hydrogens is 743 g/mol. The summed E-state index contributed by atoms with van der Waals surface area (Å²) < 4.78 is 50.2. The number of halogens is 3. The molecule has 2 aromatic carbocycles. The molecule has 5 fully saturated rings. The molecule has 2 bridgehead atoms. The van der Waals surface area contributed by atoms with Gasteiger partial charge in [0.1, 0.15) is 23.2 Å². The first-order valence-corrected chi connectivity index (χ1v) is 19.3. The number of aryl methyl sites for hydroxylation is 1. The number of methoxy groups -OCH3 is 1. The number of benzene rings is 2. The number of ether oxygens (including phenoxy) is 1. The number of piperidine rings is 2. The van der Waals surface area contributed by atoms with Gasteiger partial charge >= 0.3 is 11.9 Å². The van der Waals surface area contributed by atoms with Crippen molar-refractivity contribution in [2.45, 2.75) is 75.3 Å². The molecule has 5 aliphatic rings. The van der Waals surface area contributed by atoms with Crippen LogP contribution in [-0.4, -0.2) is 85.3 Å². The van der Waals surface area contributed by atoms with E-state index in [0.717, 1.165) is 80.5 Å². The average molecular weight is 786 g/mol. The van der Waals surface area contributed by atoms with Crippen LogP contribution in [0.5, 0.6) is 5.75 Å². The summed E-state index contributed by atoms with van der Waals surface area (Å²) in [6.07, 6.45) is 2.96. The lowest BCUT2D eigenvalue weighted by Crippen LogP contribution is -2.69. The molecule has 4 saturated heterocycles.